The highest BCUT2D eigenvalue weighted by atomic mass is 35.5. The van der Waals surface area contributed by atoms with Crippen LogP contribution in [0.1, 0.15) is 25.5 Å². The summed E-state index contributed by atoms with van der Waals surface area (Å²) in [6.45, 7) is 3.52. The van der Waals surface area contributed by atoms with Crippen LogP contribution in [0, 0.1) is 0 Å². The van der Waals surface area contributed by atoms with Crippen molar-refractivity contribution >= 4 is 80.3 Å². The number of nitrogen functional groups attached to an aromatic ring is 1. The molecule has 0 saturated carbocycles. The summed E-state index contributed by atoms with van der Waals surface area (Å²) in [6.07, 6.45) is 3.52. The lowest BCUT2D eigenvalue weighted by atomic mass is 10.0. The smallest absolute Gasteiger partial charge is 0.352 e. The van der Waals surface area contributed by atoms with Crippen LogP contribution in [0.2, 0.25) is 4.34 Å². The van der Waals surface area contributed by atoms with E-state index in [2.05, 4.69) is 25.3 Å². The van der Waals surface area contributed by atoms with Crippen molar-refractivity contribution in [2.45, 2.75) is 50.4 Å². The predicted molar refractivity (Wildman–Crippen MR) is 171 cm³/mol. The number of aliphatic carboxylic acids is 2. The molecule has 0 radical (unpaired) electrons. The van der Waals surface area contributed by atoms with Gasteiger partial charge in [-0.25, -0.2) is 14.6 Å². The van der Waals surface area contributed by atoms with Crippen molar-refractivity contribution in [2.75, 3.05) is 25.1 Å². The standard InChI is InChI=1S/C28H31ClN8O7S2/c1-3-17(26(40)41)44-34-19(18-22(29)46-28(30)33-18)23(38)32-20-24(39)37-21(27(42)43)14(13-45-25(20)37)12-36-9-4-6-15-16(36)7-11-35(15)10-5-8-31-2/h4,6-7,9,11,17,20,25,31H,3,5,8,10,12-13H2,1-2H3,(H4-,30,32,33,38,40,41,42,43)/p+1/b34-19-/t17-,20?,25?/m0/s1. The minimum atomic E-state index is -1.35. The molecule has 2 unspecified atom stereocenters. The van der Waals surface area contributed by atoms with Crippen molar-refractivity contribution in [3.8, 4) is 0 Å². The summed E-state index contributed by atoms with van der Waals surface area (Å²) in [5.74, 6) is -3.79. The number of aromatic nitrogens is 3. The maximum absolute atomic E-state index is 13.4. The van der Waals surface area contributed by atoms with Crippen molar-refractivity contribution in [2.24, 2.45) is 5.16 Å². The second kappa shape index (κ2) is 14.1. The molecule has 2 aliphatic heterocycles. The number of β-lactam (4-membered cyclic amide) rings is 1. The van der Waals surface area contributed by atoms with Gasteiger partial charge in [0, 0.05) is 36.2 Å². The molecule has 2 amide bonds. The lowest BCUT2D eigenvalue weighted by Crippen LogP contribution is -2.71. The van der Waals surface area contributed by atoms with Gasteiger partial charge < -0.3 is 36.0 Å². The molecule has 15 nitrogen and oxygen atoms in total. The van der Waals surface area contributed by atoms with Gasteiger partial charge >= 0.3 is 11.9 Å². The SMILES string of the molecule is CC[C@H](O/N=C(\C(=O)NC1C(=O)N2C(C(=O)O)=C(C[n+]3cccc4c3ccn4CCCNC)CSC12)c1nc(N)sc1Cl)C(=O)O. The molecule has 0 aliphatic carbocycles. The molecule has 3 aromatic rings. The first-order chi connectivity index (χ1) is 22.0. The minimum Gasteiger partial charge on any atom is -0.478 e. The number of nitrogens with two attached hydrogens (primary N) is 1. The Bertz CT molecular complexity index is 1760. The van der Waals surface area contributed by atoms with Crippen LogP contribution in [0.15, 0.2) is 47.0 Å². The van der Waals surface area contributed by atoms with E-state index in [0.717, 1.165) is 41.9 Å². The number of halogens is 1. The molecular formula is C28H32ClN8O7S2+. The third kappa shape index (κ3) is 6.53. The van der Waals surface area contributed by atoms with E-state index in [0.29, 0.717) is 11.3 Å². The Morgan fingerprint density at radius 3 is 2.76 bits per heavy atom. The number of carboxylic acids is 2. The molecule has 18 heteroatoms. The molecule has 6 N–H and O–H groups in total. The van der Waals surface area contributed by atoms with Crippen molar-refractivity contribution in [3.63, 3.8) is 0 Å². The van der Waals surface area contributed by atoms with Gasteiger partial charge in [-0.1, -0.05) is 35.0 Å². The molecule has 0 aromatic carbocycles. The lowest BCUT2D eigenvalue weighted by Gasteiger charge is -2.49. The summed E-state index contributed by atoms with van der Waals surface area (Å²) >= 11 is 8.40. The van der Waals surface area contributed by atoms with Crippen LogP contribution in [0.4, 0.5) is 5.13 Å². The van der Waals surface area contributed by atoms with Gasteiger partial charge in [0.15, 0.2) is 23.6 Å². The van der Waals surface area contributed by atoms with E-state index in [1.54, 1.807) is 6.92 Å². The molecule has 244 valence electrons. The fourth-order valence-electron chi connectivity index (χ4n) is 5.26. The van der Waals surface area contributed by atoms with E-state index in [1.165, 1.54) is 16.7 Å². The second-order valence-electron chi connectivity index (χ2n) is 10.4. The molecule has 3 aromatic heterocycles. The van der Waals surface area contributed by atoms with E-state index in [-0.39, 0.29) is 33.8 Å². The van der Waals surface area contributed by atoms with Gasteiger partial charge in [0.2, 0.25) is 11.6 Å². The van der Waals surface area contributed by atoms with Crippen LogP contribution in [0.3, 0.4) is 0 Å². The molecule has 3 atom stereocenters. The van der Waals surface area contributed by atoms with Crippen LogP contribution < -0.4 is 20.9 Å². The average Bonchev–Trinajstić information content (AvgIpc) is 3.59. The Morgan fingerprint density at radius 1 is 1.33 bits per heavy atom. The number of rotatable bonds is 14. The van der Waals surface area contributed by atoms with Gasteiger partial charge in [-0.05, 0) is 32.5 Å². The number of anilines is 1. The van der Waals surface area contributed by atoms with Gasteiger partial charge in [0.25, 0.3) is 11.8 Å². The highest BCUT2D eigenvalue weighted by Crippen LogP contribution is 2.40. The highest BCUT2D eigenvalue weighted by Gasteiger charge is 2.55. The number of carbonyl (C=O) groups is 4. The van der Waals surface area contributed by atoms with Gasteiger partial charge in [-0.3, -0.25) is 14.5 Å². The second-order valence-corrected chi connectivity index (χ2v) is 13.2. The molecular weight excluding hydrogens is 660 g/mol. The largest absolute Gasteiger partial charge is 0.478 e. The first kappa shape index (κ1) is 33.2. The number of aryl methyl sites for hydroxylation is 1. The number of amides is 2. The van der Waals surface area contributed by atoms with Crippen LogP contribution in [-0.4, -0.2) is 91.0 Å². The van der Waals surface area contributed by atoms with Gasteiger partial charge in [-0.15, -0.1) is 11.8 Å². The van der Waals surface area contributed by atoms with Crippen LogP contribution in [0.5, 0.6) is 0 Å². The summed E-state index contributed by atoms with van der Waals surface area (Å²) in [7, 11) is 1.91. The maximum Gasteiger partial charge on any atom is 0.352 e. The van der Waals surface area contributed by atoms with Crippen molar-refractivity contribution in [1.29, 1.82) is 0 Å². The zero-order valence-electron chi connectivity index (χ0n) is 24.8. The highest BCUT2D eigenvalue weighted by molar-refractivity contribution is 8.00. The Morgan fingerprint density at radius 2 is 2.11 bits per heavy atom. The Labute approximate surface area is 276 Å². The number of oxime groups is 1. The fourth-order valence-corrected chi connectivity index (χ4v) is 7.52. The number of hydrogen-bond donors (Lipinski definition) is 5. The predicted octanol–water partition coefficient (Wildman–Crippen LogP) is 1.25. The Balaban J connectivity index is 1.37. The van der Waals surface area contributed by atoms with Crippen molar-refractivity contribution in [3.05, 3.63) is 51.9 Å². The molecule has 0 spiro atoms. The molecule has 46 heavy (non-hydrogen) atoms. The van der Waals surface area contributed by atoms with Crippen molar-refractivity contribution in [1.82, 2.24) is 25.1 Å². The van der Waals surface area contributed by atoms with E-state index < -0.39 is 47.0 Å². The summed E-state index contributed by atoms with van der Waals surface area (Å²) in [6, 6.07) is 4.80. The molecule has 2 aliphatic rings. The number of hydrogen-bond acceptors (Lipinski definition) is 11. The summed E-state index contributed by atoms with van der Waals surface area (Å²) in [4.78, 5) is 61.0. The number of thiazole rings is 1. The maximum atomic E-state index is 13.4. The zero-order chi connectivity index (χ0) is 33.1. The Hall–Kier alpha value is -4.19. The van der Waals surface area contributed by atoms with Crippen LogP contribution >= 0.6 is 34.7 Å². The quantitative estimate of drug-likeness (QED) is 0.0535. The minimum absolute atomic E-state index is 0.00791. The van der Waals surface area contributed by atoms with Gasteiger partial charge in [-0.2, -0.15) is 4.57 Å². The van der Waals surface area contributed by atoms with Gasteiger partial charge in [0.05, 0.1) is 0 Å². The molecule has 0 bridgehead atoms. The molecule has 1 fully saturated rings. The number of nitrogens with zero attached hydrogens (tertiary/aromatic N) is 5. The Kier molecular flexibility index (Phi) is 10.1. The number of carboxylic acid groups (broad SMARTS) is 2. The van der Waals surface area contributed by atoms with Crippen LogP contribution in [-0.2, 0) is 37.1 Å². The average molecular weight is 692 g/mol. The third-order valence-electron chi connectivity index (χ3n) is 7.50. The lowest BCUT2D eigenvalue weighted by molar-refractivity contribution is -0.663. The number of carbonyl (C=O) groups excluding carboxylic acids is 2. The van der Waals surface area contributed by atoms with E-state index in [1.807, 2.05) is 42.2 Å². The molecule has 5 rings (SSSR count). The monoisotopic (exact) mass is 691 g/mol. The number of nitrogens with one attached hydrogen (secondary N) is 2. The number of fused-ring (bicyclic) bond motifs is 2. The fraction of sp³-hybridized carbons (Fsp3) is 0.393. The normalized spacial score (nSPS) is 18.7. The van der Waals surface area contributed by atoms with E-state index >= 15 is 0 Å². The van der Waals surface area contributed by atoms with Crippen molar-refractivity contribution < 1.29 is 38.8 Å². The first-order valence-corrected chi connectivity index (χ1v) is 16.5. The van der Waals surface area contributed by atoms with Gasteiger partial charge in [0.1, 0.15) is 32.7 Å². The van der Waals surface area contributed by atoms with E-state index in [9.17, 15) is 29.4 Å². The first-order valence-electron chi connectivity index (χ1n) is 14.3. The zero-order valence-corrected chi connectivity index (χ0v) is 27.2. The third-order valence-corrected chi connectivity index (χ3v) is 9.92. The van der Waals surface area contributed by atoms with E-state index in [4.69, 9.17) is 22.2 Å². The number of thioether (sulfide) groups is 1. The summed E-state index contributed by atoms with van der Waals surface area (Å²) < 4.78 is 4.11. The summed E-state index contributed by atoms with van der Waals surface area (Å²) in [5, 5.41) is 28.3. The number of pyridine rings is 1. The molecule has 5 heterocycles. The topological polar surface area (TPSA) is 205 Å². The van der Waals surface area contributed by atoms with Crippen LogP contribution in [0.25, 0.3) is 11.0 Å². The molecule has 1 saturated heterocycles. The summed E-state index contributed by atoms with van der Waals surface area (Å²) in [5.41, 5.74) is 7.49.